The summed E-state index contributed by atoms with van der Waals surface area (Å²) in [7, 11) is 0. The minimum atomic E-state index is -1.14. The molecule has 1 aromatic carbocycles. The highest BCUT2D eigenvalue weighted by Crippen LogP contribution is 2.34. The first kappa shape index (κ1) is 12.9. The van der Waals surface area contributed by atoms with Gasteiger partial charge in [0.15, 0.2) is 5.54 Å². The summed E-state index contributed by atoms with van der Waals surface area (Å²) in [5.74, 6) is -0.627. The van der Waals surface area contributed by atoms with Gasteiger partial charge in [-0.15, -0.1) is 11.8 Å². The Morgan fingerprint density at radius 3 is 2.78 bits per heavy atom. The number of aliphatic hydroxyl groups is 1. The predicted molar refractivity (Wildman–Crippen MR) is 69.1 cm³/mol. The molecule has 1 heterocycles. The van der Waals surface area contributed by atoms with Gasteiger partial charge in [-0.3, -0.25) is 4.99 Å². The smallest absolute Gasteiger partial charge is 0.332 e. The molecule has 0 radical (unpaired) electrons. The van der Waals surface area contributed by atoms with Crippen molar-refractivity contribution in [1.29, 1.82) is 0 Å². The van der Waals surface area contributed by atoms with Crippen LogP contribution in [-0.2, 0) is 11.4 Å². The summed E-state index contributed by atoms with van der Waals surface area (Å²) in [6.07, 6.45) is 0. The SMILES string of the molecule is CC1(C(=O)O)CSC(c2ccc(CO)cc2O)=N1. The number of carbonyl (C=O) groups is 1. The molecular weight excluding hydrogens is 254 g/mol. The summed E-state index contributed by atoms with van der Waals surface area (Å²) in [5.41, 5.74) is -0.0368. The van der Waals surface area contributed by atoms with Crippen molar-refractivity contribution in [2.24, 2.45) is 4.99 Å². The van der Waals surface area contributed by atoms with E-state index in [1.54, 1.807) is 19.1 Å². The number of aliphatic carboxylic acids is 1. The molecule has 0 amide bonds. The van der Waals surface area contributed by atoms with E-state index < -0.39 is 11.5 Å². The molecular formula is C12H13NO4S. The van der Waals surface area contributed by atoms with Crippen LogP contribution >= 0.6 is 11.8 Å². The summed E-state index contributed by atoms with van der Waals surface area (Å²) in [4.78, 5) is 15.2. The standard InChI is InChI=1S/C12H13NO4S/c1-12(11(16)17)6-18-10(13-12)8-3-2-7(5-14)4-9(8)15/h2-4,14-15H,5-6H2,1H3,(H,16,17). The molecule has 6 heteroatoms. The van der Waals surface area contributed by atoms with E-state index in [2.05, 4.69) is 4.99 Å². The highest BCUT2D eigenvalue weighted by atomic mass is 32.2. The summed E-state index contributed by atoms with van der Waals surface area (Å²) in [6, 6.07) is 4.77. The lowest BCUT2D eigenvalue weighted by molar-refractivity contribution is -0.141. The fourth-order valence-corrected chi connectivity index (χ4v) is 2.80. The maximum atomic E-state index is 11.1. The number of hydrogen-bond acceptors (Lipinski definition) is 5. The maximum absolute atomic E-state index is 11.1. The Labute approximate surface area is 108 Å². The minimum absolute atomic E-state index is 0.00226. The number of aliphatic imine (C=N–C) groups is 1. The maximum Gasteiger partial charge on any atom is 0.332 e. The molecule has 1 unspecified atom stereocenters. The number of aliphatic hydroxyl groups excluding tert-OH is 1. The Morgan fingerprint density at radius 1 is 1.56 bits per heavy atom. The molecule has 18 heavy (non-hydrogen) atoms. The van der Waals surface area contributed by atoms with Gasteiger partial charge in [-0.2, -0.15) is 0 Å². The van der Waals surface area contributed by atoms with Crippen molar-refractivity contribution in [3.05, 3.63) is 29.3 Å². The number of rotatable bonds is 3. The third-order valence-electron chi connectivity index (χ3n) is 2.77. The number of benzene rings is 1. The second-order valence-corrected chi connectivity index (χ2v) is 5.26. The number of aromatic hydroxyl groups is 1. The number of hydrogen-bond donors (Lipinski definition) is 3. The lowest BCUT2D eigenvalue weighted by Gasteiger charge is -2.11. The van der Waals surface area contributed by atoms with Crippen LogP contribution < -0.4 is 0 Å². The van der Waals surface area contributed by atoms with Crippen molar-refractivity contribution in [3.8, 4) is 5.75 Å². The van der Waals surface area contributed by atoms with Crippen LogP contribution in [0.2, 0.25) is 0 Å². The lowest BCUT2D eigenvalue weighted by atomic mass is 10.1. The number of carboxylic acid groups (broad SMARTS) is 1. The minimum Gasteiger partial charge on any atom is -0.507 e. The molecule has 5 nitrogen and oxygen atoms in total. The van der Waals surface area contributed by atoms with Gasteiger partial charge in [0, 0.05) is 11.3 Å². The number of nitrogens with zero attached hydrogens (tertiary/aromatic N) is 1. The molecule has 0 fully saturated rings. The highest BCUT2D eigenvalue weighted by molar-refractivity contribution is 8.14. The van der Waals surface area contributed by atoms with Gasteiger partial charge in [0.25, 0.3) is 0 Å². The zero-order valence-corrected chi connectivity index (χ0v) is 10.6. The van der Waals surface area contributed by atoms with Crippen LogP contribution in [0.1, 0.15) is 18.1 Å². The first-order valence-electron chi connectivity index (χ1n) is 5.35. The van der Waals surface area contributed by atoms with E-state index in [9.17, 15) is 9.90 Å². The van der Waals surface area contributed by atoms with Crippen LogP contribution in [0.25, 0.3) is 0 Å². The predicted octanol–water partition coefficient (Wildman–Crippen LogP) is 1.22. The van der Waals surface area contributed by atoms with E-state index >= 15 is 0 Å². The monoisotopic (exact) mass is 267 g/mol. The van der Waals surface area contributed by atoms with Gasteiger partial charge >= 0.3 is 5.97 Å². The van der Waals surface area contributed by atoms with Crippen molar-refractivity contribution in [1.82, 2.24) is 0 Å². The molecule has 0 aliphatic carbocycles. The van der Waals surface area contributed by atoms with Crippen LogP contribution in [0.15, 0.2) is 23.2 Å². The molecule has 1 aromatic rings. The zero-order valence-electron chi connectivity index (χ0n) is 9.75. The van der Waals surface area contributed by atoms with E-state index in [0.29, 0.717) is 21.9 Å². The Hall–Kier alpha value is -1.53. The van der Waals surface area contributed by atoms with Gasteiger partial charge in [0.1, 0.15) is 10.8 Å². The van der Waals surface area contributed by atoms with Crippen molar-refractivity contribution < 1.29 is 20.1 Å². The summed E-state index contributed by atoms with van der Waals surface area (Å²) >= 11 is 1.31. The number of carboxylic acids is 1. The van der Waals surface area contributed by atoms with Crippen LogP contribution in [-0.4, -0.2) is 37.6 Å². The second kappa shape index (κ2) is 4.62. The van der Waals surface area contributed by atoms with Gasteiger partial charge in [-0.05, 0) is 24.6 Å². The Morgan fingerprint density at radius 2 is 2.28 bits per heavy atom. The molecule has 0 bridgehead atoms. The first-order chi connectivity index (χ1) is 8.46. The van der Waals surface area contributed by atoms with Gasteiger partial charge < -0.3 is 15.3 Å². The van der Waals surface area contributed by atoms with Crippen LogP contribution in [0.3, 0.4) is 0 Å². The first-order valence-corrected chi connectivity index (χ1v) is 6.34. The zero-order chi connectivity index (χ0) is 13.3. The molecule has 2 rings (SSSR count). The molecule has 1 atom stereocenters. The molecule has 0 saturated carbocycles. The van der Waals surface area contributed by atoms with Gasteiger partial charge in [-0.1, -0.05) is 6.07 Å². The van der Waals surface area contributed by atoms with Gasteiger partial charge in [0.05, 0.1) is 6.61 Å². The van der Waals surface area contributed by atoms with Crippen molar-refractivity contribution >= 4 is 22.8 Å². The molecule has 0 saturated heterocycles. The van der Waals surface area contributed by atoms with E-state index in [1.807, 2.05) is 0 Å². The van der Waals surface area contributed by atoms with Crippen LogP contribution in [0.5, 0.6) is 5.75 Å². The average Bonchev–Trinajstić information content (AvgIpc) is 2.73. The van der Waals surface area contributed by atoms with Crippen molar-refractivity contribution in [2.45, 2.75) is 19.1 Å². The Kier molecular flexibility index (Phi) is 3.32. The third-order valence-corrected chi connectivity index (χ3v) is 4.07. The largest absolute Gasteiger partial charge is 0.507 e. The molecule has 1 aliphatic heterocycles. The van der Waals surface area contributed by atoms with E-state index in [4.69, 9.17) is 10.2 Å². The fraction of sp³-hybridized carbons (Fsp3) is 0.333. The summed E-state index contributed by atoms with van der Waals surface area (Å²) in [5, 5.41) is 28.4. The summed E-state index contributed by atoms with van der Waals surface area (Å²) < 4.78 is 0. The number of phenols is 1. The molecule has 3 N–H and O–H groups in total. The number of thioether (sulfide) groups is 1. The quantitative estimate of drug-likeness (QED) is 0.766. The van der Waals surface area contributed by atoms with Crippen LogP contribution in [0.4, 0.5) is 0 Å². The molecule has 1 aliphatic rings. The summed E-state index contributed by atoms with van der Waals surface area (Å²) in [6.45, 7) is 1.40. The fourth-order valence-electron chi connectivity index (χ4n) is 1.60. The Balaban J connectivity index is 2.37. The van der Waals surface area contributed by atoms with Crippen molar-refractivity contribution in [2.75, 3.05) is 5.75 Å². The van der Waals surface area contributed by atoms with E-state index in [1.165, 1.54) is 17.8 Å². The van der Waals surface area contributed by atoms with E-state index in [-0.39, 0.29) is 12.4 Å². The lowest BCUT2D eigenvalue weighted by Crippen LogP contribution is -2.33. The van der Waals surface area contributed by atoms with E-state index in [0.717, 1.165) is 0 Å². The topological polar surface area (TPSA) is 90.1 Å². The Bertz CT molecular complexity index is 529. The number of phenolic OH excluding ortho intramolecular Hbond substituents is 1. The highest BCUT2D eigenvalue weighted by Gasteiger charge is 2.38. The van der Waals surface area contributed by atoms with Crippen LogP contribution in [0, 0.1) is 0 Å². The van der Waals surface area contributed by atoms with Gasteiger partial charge in [-0.25, -0.2) is 4.79 Å². The molecule has 96 valence electrons. The van der Waals surface area contributed by atoms with Gasteiger partial charge in [0.2, 0.25) is 0 Å². The molecule has 0 spiro atoms. The normalized spacial score (nSPS) is 22.9. The van der Waals surface area contributed by atoms with Crippen molar-refractivity contribution in [3.63, 3.8) is 0 Å². The average molecular weight is 267 g/mol. The molecule has 0 aromatic heterocycles. The second-order valence-electron chi connectivity index (χ2n) is 4.29. The third kappa shape index (κ3) is 2.21.